The van der Waals surface area contributed by atoms with E-state index in [1.807, 2.05) is 0 Å². The molecular weight excluding hydrogens is 339 g/mol. The number of benzene rings is 2. The number of nitrogens with zero attached hydrogens (tertiary/aromatic N) is 2. The summed E-state index contributed by atoms with van der Waals surface area (Å²) in [5.41, 5.74) is 1.24. The topological polar surface area (TPSA) is 65.2 Å². The molecule has 0 amide bonds. The second-order valence-corrected chi connectivity index (χ2v) is 5.52. The highest BCUT2D eigenvalue weighted by atomic mass is 35.5. The Morgan fingerprint density at radius 2 is 1.78 bits per heavy atom. The van der Waals surface area contributed by atoms with Crippen molar-refractivity contribution in [2.24, 2.45) is 0 Å². The molecule has 0 unspecified atom stereocenters. The summed E-state index contributed by atoms with van der Waals surface area (Å²) in [5.74, 6) is 1.29. The quantitative estimate of drug-likeness (QED) is 0.638. The van der Waals surface area contributed by atoms with E-state index in [0.717, 1.165) is 6.29 Å². The summed E-state index contributed by atoms with van der Waals surface area (Å²) in [6.07, 6.45) is 0.768. The van der Waals surface area contributed by atoms with Crippen molar-refractivity contribution in [3.05, 3.63) is 64.0 Å². The van der Waals surface area contributed by atoms with Crippen LogP contribution in [0.2, 0.25) is 10.0 Å². The molecule has 0 atom stereocenters. The molecule has 5 nitrogen and oxygen atoms in total. The van der Waals surface area contributed by atoms with E-state index >= 15 is 0 Å². The minimum atomic E-state index is 0.113. The second-order valence-electron chi connectivity index (χ2n) is 4.65. The van der Waals surface area contributed by atoms with E-state index in [1.54, 1.807) is 42.5 Å². The number of carbonyl (C=O) groups is 1. The highest BCUT2D eigenvalue weighted by Crippen LogP contribution is 2.25. The number of hydrogen-bond donors (Lipinski definition) is 0. The zero-order chi connectivity index (χ0) is 16.2. The van der Waals surface area contributed by atoms with Crippen LogP contribution in [0.15, 0.2) is 47.0 Å². The zero-order valence-corrected chi connectivity index (χ0v) is 13.2. The Morgan fingerprint density at radius 1 is 1.09 bits per heavy atom. The predicted molar refractivity (Wildman–Crippen MR) is 85.9 cm³/mol. The molecule has 0 radical (unpaired) electrons. The summed E-state index contributed by atoms with van der Waals surface area (Å²) in [4.78, 5) is 14.8. The van der Waals surface area contributed by atoms with Crippen LogP contribution < -0.4 is 4.74 Å². The fourth-order valence-electron chi connectivity index (χ4n) is 1.90. The molecule has 3 aromatic rings. The van der Waals surface area contributed by atoms with Gasteiger partial charge in [-0.1, -0.05) is 28.4 Å². The van der Waals surface area contributed by atoms with E-state index in [0.29, 0.717) is 38.6 Å². The number of aldehydes is 1. The average Bonchev–Trinajstić information content (AvgIpc) is 3.01. The molecule has 3 rings (SSSR count). The number of hydrogen-bond acceptors (Lipinski definition) is 5. The summed E-state index contributed by atoms with van der Waals surface area (Å²) in [7, 11) is 0. The number of rotatable bonds is 5. The van der Waals surface area contributed by atoms with Crippen molar-refractivity contribution in [3.8, 4) is 17.1 Å². The van der Waals surface area contributed by atoms with E-state index in [2.05, 4.69) is 10.1 Å². The van der Waals surface area contributed by atoms with Crippen LogP contribution >= 0.6 is 23.2 Å². The van der Waals surface area contributed by atoms with E-state index in [1.165, 1.54) is 0 Å². The van der Waals surface area contributed by atoms with Crippen LogP contribution in [0.25, 0.3) is 11.4 Å². The Kier molecular flexibility index (Phi) is 4.60. The van der Waals surface area contributed by atoms with Gasteiger partial charge in [-0.2, -0.15) is 4.98 Å². The van der Waals surface area contributed by atoms with Crippen molar-refractivity contribution >= 4 is 29.5 Å². The number of carbonyl (C=O) groups excluding carboxylic acids is 1. The first-order valence-corrected chi connectivity index (χ1v) is 7.37. The normalized spacial score (nSPS) is 10.5. The molecule has 0 aliphatic rings. The number of aromatic nitrogens is 2. The SMILES string of the molecule is O=Cc1ccc(OCc2nc(-c3cc(Cl)cc(Cl)c3)no2)cc1. The number of halogens is 2. The zero-order valence-electron chi connectivity index (χ0n) is 11.7. The lowest BCUT2D eigenvalue weighted by Crippen LogP contribution is -1.96. The van der Waals surface area contributed by atoms with Gasteiger partial charge in [-0.05, 0) is 42.5 Å². The van der Waals surface area contributed by atoms with Crippen LogP contribution in [0.4, 0.5) is 0 Å². The third kappa shape index (κ3) is 3.88. The smallest absolute Gasteiger partial charge is 0.264 e. The van der Waals surface area contributed by atoms with Gasteiger partial charge in [0.25, 0.3) is 5.89 Å². The Morgan fingerprint density at radius 3 is 2.43 bits per heavy atom. The fourth-order valence-corrected chi connectivity index (χ4v) is 2.43. The molecule has 0 spiro atoms. The summed E-state index contributed by atoms with van der Waals surface area (Å²) in [6, 6.07) is 11.7. The van der Waals surface area contributed by atoms with Gasteiger partial charge in [0, 0.05) is 21.2 Å². The first-order chi connectivity index (χ1) is 11.1. The van der Waals surface area contributed by atoms with Crippen LogP contribution in [-0.2, 0) is 6.61 Å². The Labute approximate surface area is 141 Å². The van der Waals surface area contributed by atoms with Gasteiger partial charge in [0.05, 0.1) is 0 Å². The molecule has 0 saturated heterocycles. The lowest BCUT2D eigenvalue weighted by atomic mass is 10.2. The minimum absolute atomic E-state index is 0.113. The van der Waals surface area contributed by atoms with Gasteiger partial charge in [-0.15, -0.1) is 0 Å². The average molecular weight is 349 g/mol. The molecule has 0 bridgehead atoms. The molecular formula is C16H10Cl2N2O3. The molecule has 1 heterocycles. The largest absolute Gasteiger partial charge is 0.484 e. The first kappa shape index (κ1) is 15.5. The maximum Gasteiger partial charge on any atom is 0.264 e. The van der Waals surface area contributed by atoms with Crippen molar-refractivity contribution in [3.63, 3.8) is 0 Å². The Balaban J connectivity index is 1.70. The third-order valence-electron chi connectivity index (χ3n) is 2.97. The van der Waals surface area contributed by atoms with E-state index in [9.17, 15) is 4.79 Å². The standard InChI is InChI=1S/C16H10Cl2N2O3/c17-12-5-11(6-13(18)7-12)16-19-15(23-20-16)9-22-14-3-1-10(8-21)2-4-14/h1-8H,9H2. The Bertz CT molecular complexity index is 811. The molecule has 0 N–H and O–H groups in total. The van der Waals surface area contributed by atoms with Crippen molar-refractivity contribution < 1.29 is 14.1 Å². The highest BCUT2D eigenvalue weighted by molar-refractivity contribution is 6.35. The summed E-state index contributed by atoms with van der Waals surface area (Å²) in [6.45, 7) is 0.113. The summed E-state index contributed by atoms with van der Waals surface area (Å²) >= 11 is 11.9. The van der Waals surface area contributed by atoms with Gasteiger partial charge >= 0.3 is 0 Å². The van der Waals surface area contributed by atoms with Gasteiger partial charge in [-0.3, -0.25) is 4.79 Å². The van der Waals surface area contributed by atoms with Gasteiger partial charge < -0.3 is 9.26 Å². The molecule has 23 heavy (non-hydrogen) atoms. The minimum Gasteiger partial charge on any atom is -0.484 e. The van der Waals surface area contributed by atoms with Crippen LogP contribution in [0.5, 0.6) is 5.75 Å². The molecule has 116 valence electrons. The van der Waals surface area contributed by atoms with Gasteiger partial charge in [0.2, 0.25) is 5.82 Å². The lowest BCUT2D eigenvalue weighted by Gasteiger charge is -2.02. The third-order valence-corrected chi connectivity index (χ3v) is 3.40. The monoisotopic (exact) mass is 348 g/mol. The molecule has 1 aromatic heterocycles. The van der Waals surface area contributed by atoms with Crippen LogP contribution in [0.3, 0.4) is 0 Å². The van der Waals surface area contributed by atoms with Crippen LogP contribution in [-0.4, -0.2) is 16.4 Å². The maximum atomic E-state index is 10.6. The summed E-state index contributed by atoms with van der Waals surface area (Å²) < 4.78 is 10.7. The van der Waals surface area contributed by atoms with E-state index in [4.69, 9.17) is 32.5 Å². The van der Waals surface area contributed by atoms with E-state index in [-0.39, 0.29) is 6.61 Å². The highest BCUT2D eigenvalue weighted by Gasteiger charge is 2.11. The summed E-state index contributed by atoms with van der Waals surface area (Å²) in [5, 5.41) is 4.86. The van der Waals surface area contributed by atoms with Gasteiger partial charge in [0.15, 0.2) is 6.61 Å². The number of ether oxygens (including phenoxy) is 1. The van der Waals surface area contributed by atoms with Crippen molar-refractivity contribution in [2.45, 2.75) is 6.61 Å². The van der Waals surface area contributed by atoms with Crippen LogP contribution in [0, 0.1) is 0 Å². The molecule has 7 heteroatoms. The molecule has 0 aliphatic carbocycles. The van der Waals surface area contributed by atoms with E-state index < -0.39 is 0 Å². The Hall–Kier alpha value is -2.37. The van der Waals surface area contributed by atoms with Gasteiger partial charge in [-0.25, -0.2) is 0 Å². The molecule has 2 aromatic carbocycles. The van der Waals surface area contributed by atoms with Crippen LogP contribution in [0.1, 0.15) is 16.2 Å². The maximum absolute atomic E-state index is 10.6. The van der Waals surface area contributed by atoms with Gasteiger partial charge in [0.1, 0.15) is 12.0 Å². The van der Waals surface area contributed by atoms with Crippen molar-refractivity contribution in [1.82, 2.24) is 10.1 Å². The molecule has 0 aliphatic heterocycles. The fraction of sp³-hybridized carbons (Fsp3) is 0.0625. The first-order valence-electron chi connectivity index (χ1n) is 6.61. The van der Waals surface area contributed by atoms with Crippen molar-refractivity contribution in [2.75, 3.05) is 0 Å². The second kappa shape index (κ2) is 6.81. The molecule has 0 fully saturated rings. The van der Waals surface area contributed by atoms with Crippen molar-refractivity contribution in [1.29, 1.82) is 0 Å². The predicted octanol–water partition coefficient (Wildman–Crippen LogP) is 4.43. The molecule has 0 saturated carbocycles. The lowest BCUT2D eigenvalue weighted by molar-refractivity contribution is 0.112.